The van der Waals surface area contributed by atoms with E-state index in [0.29, 0.717) is 0 Å². The van der Waals surface area contributed by atoms with E-state index in [0.717, 1.165) is 35.7 Å². The van der Waals surface area contributed by atoms with Crippen LogP contribution in [0.25, 0.3) is 0 Å². The first kappa shape index (κ1) is 19.0. The smallest absolute Gasteiger partial charge is 0.262 e. The van der Waals surface area contributed by atoms with E-state index in [1.54, 1.807) is 0 Å². The lowest BCUT2D eigenvalue weighted by molar-refractivity contribution is -0.118. The first-order valence-electron chi connectivity index (χ1n) is 7.47. The van der Waals surface area contributed by atoms with Crippen molar-refractivity contribution in [1.29, 1.82) is 0 Å². The molecule has 0 bridgehead atoms. The highest BCUT2D eigenvalue weighted by Crippen LogP contribution is 2.17. The van der Waals surface area contributed by atoms with Gasteiger partial charge in [-0.2, -0.15) is 0 Å². The fraction of sp³-hybridized carbons (Fsp3) is 0.278. The van der Waals surface area contributed by atoms with Gasteiger partial charge in [-0.25, -0.2) is 0 Å². The van der Waals surface area contributed by atoms with Crippen LogP contribution in [0.5, 0.6) is 5.75 Å². The summed E-state index contributed by atoms with van der Waals surface area (Å²) in [6.45, 7) is 5.66. The highest BCUT2D eigenvalue weighted by molar-refractivity contribution is 5.91. The maximum absolute atomic E-state index is 12.0. The molecule has 23 heavy (non-hydrogen) atoms. The molecule has 5 heteroatoms. The summed E-state index contributed by atoms with van der Waals surface area (Å²) in [5.41, 5.74) is 2.94. The minimum atomic E-state index is -0.163. The van der Waals surface area contributed by atoms with Crippen molar-refractivity contribution in [2.24, 2.45) is 0 Å². The van der Waals surface area contributed by atoms with Gasteiger partial charge in [-0.1, -0.05) is 37.3 Å². The van der Waals surface area contributed by atoms with Crippen molar-refractivity contribution in [2.75, 3.05) is 18.5 Å². The number of nitrogens with one attached hydrogen (secondary N) is 2. The van der Waals surface area contributed by atoms with Crippen LogP contribution in [0.2, 0.25) is 0 Å². The third kappa shape index (κ3) is 6.30. The average molecular weight is 335 g/mol. The van der Waals surface area contributed by atoms with Gasteiger partial charge in [0.15, 0.2) is 6.61 Å². The Labute approximate surface area is 143 Å². The highest BCUT2D eigenvalue weighted by atomic mass is 35.5. The molecule has 2 aromatic carbocycles. The molecule has 2 aromatic rings. The van der Waals surface area contributed by atoms with E-state index in [1.165, 1.54) is 0 Å². The van der Waals surface area contributed by atoms with Crippen LogP contribution in [0.4, 0.5) is 5.69 Å². The molecule has 0 radical (unpaired) electrons. The van der Waals surface area contributed by atoms with Gasteiger partial charge >= 0.3 is 0 Å². The third-order valence-corrected chi connectivity index (χ3v) is 3.20. The number of para-hydroxylation sites is 1. The van der Waals surface area contributed by atoms with Gasteiger partial charge in [0.2, 0.25) is 0 Å². The van der Waals surface area contributed by atoms with Gasteiger partial charge in [0.1, 0.15) is 5.75 Å². The van der Waals surface area contributed by atoms with Crippen LogP contribution in [0.15, 0.2) is 48.5 Å². The van der Waals surface area contributed by atoms with E-state index in [-0.39, 0.29) is 24.9 Å². The number of benzene rings is 2. The molecule has 2 N–H and O–H groups in total. The Hall–Kier alpha value is -2.04. The van der Waals surface area contributed by atoms with Crippen molar-refractivity contribution in [3.05, 3.63) is 59.7 Å². The van der Waals surface area contributed by atoms with Crippen molar-refractivity contribution in [1.82, 2.24) is 5.32 Å². The first-order valence-corrected chi connectivity index (χ1v) is 7.47. The van der Waals surface area contributed by atoms with Crippen LogP contribution in [0.3, 0.4) is 0 Å². The van der Waals surface area contributed by atoms with Crippen molar-refractivity contribution in [2.45, 2.75) is 20.4 Å². The molecule has 0 aliphatic carbocycles. The number of ether oxygens (including phenoxy) is 1. The van der Waals surface area contributed by atoms with Gasteiger partial charge < -0.3 is 15.4 Å². The van der Waals surface area contributed by atoms with E-state index < -0.39 is 0 Å². The Balaban J connectivity index is 0.00000264. The summed E-state index contributed by atoms with van der Waals surface area (Å²) in [6, 6.07) is 15.4. The van der Waals surface area contributed by atoms with Crippen LogP contribution in [-0.2, 0) is 11.3 Å². The summed E-state index contributed by atoms with van der Waals surface area (Å²) < 4.78 is 5.65. The number of carbonyl (C=O) groups is 1. The summed E-state index contributed by atoms with van der Waals surface area (Å²) in [6.07, 6.45) is 0. The Morgan fingerprint density at radius 3 is 2.65 bits per heavy atom. The van der Waals surface area contributed by atoms with E-state index >= 15 is 0 Å². The molecular weight excluding hydrogens is 312 g/mol. The molecule has 0 unspecified atom stereocenters. The molecule has 0 aliphatic rings. The summed E-state index contributed by atoms with van der Waals surface area (Å²) in [5, 5.41) is 6.09. The minimum Gasteiger partial charge on any atom is -0.483 e. The fourth-order valence-electron chi connectivity index (χ4n) is 2.11. The molecule has 0 aliphatic heterocycles. The minimum absolute atomic E-state index is 0. The van der Waals surface area contributed by atoms with E-state index in [9.17, 15) is 4.79 Å². The monoisotopic (exact) mass is 334 g/mol. The number of halogens is 1. The molecule has 0 saturated carbocycles. The van der Waals surface area contributed by atoms with Crippen LogP contribution in [0, 0.1) is 6.92 Å². The Bertz CT molecular complexity index is 632. The largest absolute Gasteiger partial charge is 0.483 e. The Kier molecular flexibility index (Phi) is 8.16. The molecule has 0 heterocycles. The lowest BCUT2D eigenvalue weighted by atomic mass is 10.2. The van der Waals surface area contributed by atoms with Gasteiger partial charge in [-0.05, 0) is 37.2 Å². The van der Waals surface area contributed by atoms with Crippen molar-refractivity contribution in [3.63, 3.8) is 0 Å². The number of aryl methyl sites for hydroxylation is 1. The predicted molar refractivity (Wildman–Crippen MR) is 96.4 cm³/mol. The molecule has 0 fully saturated rings. The number of hydrogen-bond acceptors (Lipinski definition) is 3. The zero-order chi connectivity index (χ0) is 15.8. The third-order valence-electron chi connectivity index (χ3n) is 3.20. The van der Waals surface area contributed by atoms with Crippen molar-refractivity contribution >= 4 is 24.0 Å². The molecule has 0 aromatic heterocycles. The van der Waals surface area contributed by atoms with E-state index in [1.807, 2.05) is 55.5 Å². The summed E-state index contributed by atoms with van der Waals surface area (Å²) in [7, 11) is 0. The molecule has 1 amide bonds. The van der Waals surface area contributed by atoms with Gasteiger partial charge in [0.05, 0.1) is 0 Å². The SMILES string of the molecule is CCNCc1ccccc1OCC(=O)Nc1cccc(C)c1.Cl. The van der Waals surface area contributed by atoms with Gasteiger partial charge in [-0.3, -0.25) is 4.79 Å². The highest BCUT2D eigenvalue weighted by Gasteiger charge is 2.07. The maximum Gasteiger partial charge on any atom is 0.262 e. The van der Waals surface area contributed by atoms with Gasteiger partial charge in [0, 0.05) is 17.8 Å². The summed E-state index contributed by atoms with van der Waals surface area (Å²) >= 11 is 0. The zero-order valence-electron chi connectivity index (χ0n) is 13.5. The molecular formula is C18H23ClN2O2. The van der Waals surface area contributed by atoms with Gasteiger partial charge in [0.25, 0.3) is 5.91 Å². The van der Waals surface area contributed by atoms with Crippen LogP contribution in [0.1, 0.15) is 18.1 Å². The molecule has 0 saturated heterocycles. The van der Waals surface area contributed by atoms with Crippen LogP contribution in [-0.4, -0.2) is 19.1 Å². The zero-order valence-corrected chi connectivity index (χ0v) is 14.3. The van der Waals surface area contributed by atoms with Crippen molar-refractivity contribution < 1.29 is 9.53 Å². The number of anilines is 1. The number of carbonyl (C=O) groups excluding carboxylic acids is 1. The summed E-state index contributed by atoms with van der Waals surface area (Å²) in [4.78, 5) is 12.0. The van der Waals surface area contributed by atoms with E-state index in [2.05, 4.69) is 17.6 Å². The summed E-state index contributed by atoms with van der Waals surface area (Å²) in [5.74, 6) is 0.576. The van der Waals surface area contributed by atoms with E-state index in [4.69, 9.17) is 4.74 Å². The topological polar surface area (TPSA) is 50.4 Å². The standard InChI is InChI=1S/C18H22N2O2.ClH/c1-3-19-12-15-8-4-5-10-17(15)22-13-18(21)20-16-9-6-7-14(2)11-16;/h4-11,19H,3,12-13H2,1-2H3,(H,20,21);1H. The maximum atomic E-state index is 12.0. The normalized spacial score (nSPS) is 9.83. The molecule has 124 valence electrons. The number of rotatable bonds is 7. The molecule has 0 spiro atoms. The van der Waals surface area contributed by atoms with Crippen LogP contribution < -0.4 is 15.4 Å². The molecule has 0 atom stereocenters. The van der Waals surface area contributed by atoms with Crippen molar-refractivity contribution in [3.8, 4) is 5.75 Å². The molecule has 4 nitrogen and oxygen atoms in total. The lowest BCUT2D eigenvalue weighted by Crippen LogP contribution is -2.21. The second-order valence-electron chi connectivity index (χ2n) is 5.09. The second kappa shape index (κ2) is 9.87. The first-order chi connectivity index (χ1) is 10.7. The lowest BCUT2D eigenvalue weighted by Gasteiger charge is -2.12. The molecule has 2 rings (SSSR count). The van der Waals surface area contributed by atoms with Crippen LogP contribution >= 0.6 is 12.4 Å². The second-order valence-corrected chi connectivity index (χ2v) is 5.09. The average Bonchev–Trinajstić information content (AvgIpc) is 2.51. The number of hydrogen-bond donors (Lipinski definition) is 2. The Morgan fingerprint density at radius 2 is 1.91 bits per heavy atom. The fourth-order valence-corrected chi connectivity index (χ4v) is 2.11. The van der Waals surface area contributed by atoms with Gasteiger partial charge in [-0.15, -0.1) is 12.4 Å². The Morgan fingerprint density at radius 1 is 1.13 bits per heavy atom. The number of amides is 1. The predicted octanol–water partition coefficient (Wildman–Crippen LogP) is 3.54. The quantitative estimate of drug-likeness (QED) is 0.814.